The summed E-state index contributed by atoms with van der Waals surface area (Å²) < 4.78 is 5.38. The highest BCUT2D eigenvalue weighted by molar-refractivity contribution is 6.35. The van der Waals surface area contributed by atoms with Crippen LogP contribution in [-0.4, -0.2) is 54.8 Å². The SMILES string of the molecule is C/N=C(\c1ccc(C(=O)Nc2c(OC)cc(Cl)cc2C(=O)Nc2ccc(Cl)cn2)c(Cl)c1)N1CC1. The van der Waals surface area contributed by atoms with Crippen LogP contribution >= 0.6 is 34.8 Å². The number of amidine groups is 1. The van der Waals surface area contributed by atoms with Gasteiger partial charge in [-0.25, -0.2) is 4.98 Å². The van der Waals surface area contributed by atoms with E-state index in [0.29, 0.717) is 5.02 Å². The van der Waals surface area contributed by atoms with Crippen molar-refractivity contribution >= 4 is 64.0 Å². The van der Waals surface area contributed by atoms with Gasteiger partial charge in [-0.05, 0) is 30.3 Å². The van der Waals surface area contributed by atoms with Crippen molar-refractivity contribution in [2.75, 3.05) is 37.9 Å². The number of pyridine rings is 1. The Labute approximate surface area is 216 Å². The number of ether oxygens (including phenoxy) is 1. The maximum Gasteiger partial charge on any atom is 0.259 e. The maximum atomic E-state index is 13.2. The van der Waals surface area contributed by atoms with Crippen LogP contribution in [0.2, 0.25) is 15.1 Å². The van der Waals surface area contributed by atoms with Crippen molar-refractivity contribution < 1.29 is 14.3 Å². The molecule has 0 saturated carbocycles. The van der Waals surface area contributed by atoms with Gasteiger partial charge in [-0.3, -0.25) is 14.6 Å². The third-order valence-electron chi connectivity index (χ3n) is 5.17. The molecule has 180 valence electrons. The number of hydrogen-bond acceptors (Lipinski definition) is 5. The molecule has 2 N–H and O–H groups in total. The highest BCUT2D eigenvalue weighted by atomic mass is 35.5. The van der Waals surface area contributed by atoms with Crippen LogP contribution in [0.1, 0.15) is 26.3 Å². The monoisotopic (exact) mass is 531 g/mol. The average molecular weight is 533 g/mol. The molecule has 1 fully saturated rings. The predicted octanol–water partition coefficient (Wildman–Crippen LogP) is 5.25. The summed E-state index contributed by atoms with van der Waals surface area (Å²) in [6.07, 6.45) is 1.40. The molecule has 1 aliphatic heterocycles. The molecule has 0 atom stereocenters. The van der Waals surface area contributed by atoms with Gasteiger partial charge >= 0.3 is 0 Å². The van der Waals surface area contributed by atoms with Gasteiger partial charge in [-0.1, -0.05) is 40.9 Å². The van der Waals surface area contributed by atoms with Crippen molar-refractivity contribution in [2.45, 2.75) is 0 Å². The summed E-state index contributed by atoms with van der Waals surface area (Å²) in [4.78, 5) is 36.7. The van der Waals surface area contributed by atoms with Crippen LogP contribution in [0.4, 0.5) is 11.5 Å². The van der Waals surface area contributed by atoms with Crippen molar-refractivity contribution in [3.8, 4) is 5.75 Å². The van der Waals surface area contributed by atoms with Crippen LogP contribution in [0.5, 0.6) is 5.75 Å². The van der Waals surface area contributed by atoms with Gasteiger partial charge in [-0.15, -0.1) is 0 Å². The second-order valence-electron chi connectivity index (χ2n) is 7.53. The molecular formula is C24H20Cl3N5O3. The molecule has 2 aromatic carbocycles. The highest BCUT2D eigenvalue weighted by Crippen LogP contribution is 2.34. The fourth-order valence-electron chi connectivity index (χ4n) is 3.42. The number of carbonyl (C=O) groups excluding carboxylic acids is 2. The minimum absolute atomic E-state index is 0.0779. The van der Waals surface area contributed by atoms with Gasteiger partial charge in [-0.2, -0.15) is 0 Å². The first-order valence-corrected chi connectivity index (χ1v) is 11.6. The fraction of sp³-hybridized carbons (Fsp3) is 0.167. The second kappa shape index (κ2) is 10.5. The van der Waals surface area contributed by atoms with Gasteiger partial charge in [0.25, 0.3) is 11.8 Å². The number of amides is 2. The fourth-order valence-corrected chi connectivity index (χ4v) is 4.00. The smallest absolute Gasteiger partial charge is 0.259 e. The van der Waals surface area contributed by atoms with Crippen molar-refractivity contribution in [3.05, 3.63) is 80.4 Å². The number of rotatable bonds is 6. The van der Waals surface area contributed by atoms with Gasteiger partial charge in [0.15, 0.2) is 0 Å². The van der Waals surface area contributed by atoms with Crippen LogP contribution < -0.4 is 15.4 Å². The molecule has 0 unspecified atom stereocenters. The third kappa shape index (κ3) is 5.67. The lowest BCUT2D eigenvalue weighted by Gasteiger charge is -2.16. The average Bonchev–Trinajstić information content (AvgIpc) is 3.67. The van der Waals surface area contributed by atoms with Crippen molar-refractivity contribution in [2.24, 2.45) is 4.99 Å². The summed E-state index contributed by atoms with van der Waals surface area (Å²) >= 11 is 18.5. The maximum absolute atomic E-state index is 13.2. The Hall–Kier alpha value is -3.33. The molecule has 0 bridgehead atoms. The van der Waals surface area contributed by atoms with Gasteiger partial charge in [0.1, 0.15) is 17.4 Å². The molecule has 8 nitrogen and oxygen atoms in total. The summed E-state index contributed by atoms with van der Waals surface area (Å²) in [5, 5.41) is 6.31. The standard InChI is InChI=1S/C24H20Cl3N5O3/c1-28-22(32-7-8-32)13-3-5-16(18(27)9-13)23(33)31-21-17(10-15(26)11-19(21)35-2)24(34)30-20-6-4-14(25)12-29-20/h3-6,9-12H,7-8H2,1-2H3,(H,31,33)(H,29,30,34)/b28-22+. The number of anilines is 2. The zero-order chi connectivity index (χ0) is 25.1. The van der Waals surface area contributed by atoms with Crippen LogP contribution in [0.15, 0.2) is 53.7 Å². The molecule has 0 spiro atoms. The summed E-state index contributed by atoms with van der Waals surface area (Å²) in [6.45, 7) is 1.86. The molecule has 3 aromatic rings. The van der Waals surface area contributed by atoms with Crippen molar-refractivity contribution in [1.82, 2.24) is 9.88 Å². The summed E-state index contributed by atoms with van der Waals surface area (Å²) in [7, 11) is 3.12. The third-order valence-corrected chi connectivity index (χ3v) is 5.92. The molecule has 11 heteroatoms. The van der Waals surface area contributed by atoms with Crippen molar-refractivity contribution in [3.63, 3.8) is 0 Å². The topological polar surface area (TPSA) is 95.7 Å². The Morgan fingerprint density at radius 3 is 2.31 bits per heavy atom. The lowest BCUT2D eigenvalue weighted by Crippen LogP contribution is -2.20. The van der Waals surface area contributed by atoms with E-state index < -0.39 is 11.8 Å². The summed E-state index contributed by atoms with van der Waals surface area (Å²) in [6, 6.07) is 11.1. The number of halogens is 3. The molecule has 4 rings (SSSR count). The number of nitrogens with zero attached hydrogens (tertiary/aromatic N) is 3. The number of aromatic nitrogens is 1. The summed E-state index contributed by atoms with van der Waals surface area (Å²) in [5.74, 6) is 0.207. The minimum Gasteiger partial charge on any atom is -0.494 e. The van der Waals surface area contributed by atoms with E-state index in [0.717, 1.165) is 24.5 Å². The normalized spacial score (nSPS) is 12.8. The van der Waals surface area contributed by atoms with Crippen LogP contribution in [0.25, 0.3) is 0 Å². The number of nitrogens with one attached hydrogen (secondary N) is 2. The summed E-state index contributed by atoms with van der Waals surface area (Å²) in [5.41, 5.74) is 1.24. The van der Waals surface area contributed by atoms with E-state index in [1.807, 2.05) is 0 Å². The molecule has 1 aliphatic rings. The largest absolute Gasteiger partial charge is 0.494 e. The molecule has 35 heavy (non-hydrogen) atoms. The Balaban J connectivity index is 1.63. The van der Waals surface area contributed by atoms with E-state index >= 15 is 0 Å². The zero-order valence-corrected chi connectivity index (χ0v) is 21.0. The Kier molecular flexibility index (Phi) is 7.45. The van der Waals surface area contributed by atoms with E-state index in [4.69, 9.17) is 39.5 Å². The first-order valence-electron chi connectivity index (χ1n) is 10.4. The van der Waals surface area contributed by atoms with Gasteiger partial charge in [0.2, 0.25) is 0 Å². The van der Waals surface area contributed by atoms with E-state index in [-0.39, 0.29) is 38.4 Å². The first kappa shape index (κ1) is 24.8. The first-order chi connectivity index (χ1) is 16.8. The molecule has 0 radical (unpaired) electrons. The lowest BCUT2D eigenvalue weighted by atomic mass is 10.1. The Morgan fingerprint density at radius 2 is 1.71 bits per heavy atom. The van der Waals surface area contributed by atoms with Crippen LogP contribution in [0, 0.1) is 0 Å². The quantitative estimate of drug-likeness (QED) is 0.257. The van der Waals surface area contributed by atoms with Crippen LogP contribution in [0.3, 0.4) is 0 Å². The Bertz CT molecular complexity index is 1320. The molecule has 1 saturated heterocycles. The van der Waals surface area contributed by atoms with Gasteiger partial charge < -0.3 is 20.3 Å². The van der Waals surface area contributed by atoms with Crippen LogP contribution in [-0.2, 0) is 0 Å². The molecule has 0 aliphatic carbocycles. The zero-order valence-electron chi connectivity index (χ0n) is 18.7. The highest BCUT2D eigenvalue weighted by Gasteiger charge is 2.25. The second-order valence-corrected chi connectivity index (χ2v) is 8.81. The van der Waals surface area contributed by atoms with E-state index in [9.17, 15) is 9.59 Å². The van der Waals surface area contributed by atoms with E-state index in [1.54, 1.807) is 37.4 Å². The van der Waals surface area contributed by atoms with Crippen molar-refractivity contribution in [1.29, 1.82) is 0 Å². The lowest BCUT2D eigenvalue weighted by molar-refractivity contribution is 0.102. The number of hydrogen-bond donors (Lipinski definition) is 2. The molecule has 2 heterocycles. The number of carbonyl (C=O) groups is 2. The number of benzene rings is 2. The van der Waals surface area contributed by atoms with E-state index in [1.165, 1.54) is 25.4 Å². The molecule has 1 aromatic heterocycles. The number of aliphatic imine (C=N–C) groups is 1. The minimum atomic E-state index is -0.556. The Morgan fingerprint density at radius 1 is 0.971 bits per heavy atom. The van der Waals surface area contributed by atoms with Gasteiger partial charge in [0, 0.05) is 43.0 Å². The number of methoxy groups -OCH3 is 1. The van der Waals surface area contributed by atoms with Gasteiger partial charge in [0.05, 0.1) is 34.0 Å². The predicted molar refractivity (Wildman–Crippen MR) is 139 cm³/mol. The molecule has 2 amide bonds. The van der Waals surface area contributed by atoms with E-state index in [2.05, 4.69) is 25.5 Å². The molecular weight excluding hydrogens is 513 g/mol.